The second kappa shape index (κ2) is 13.1. The minimum Gasteiger partial charge on any atom is -0.478 e. The first-order valence-electron chi connectivity index (χ1n) is 20.1. The van der Waals surface area contributed by atoms with Crippen molar-refractivity contribution < 1.29 is 34.8 Å². The molecule has 0 spiro atoms. The number of benzene rings is 1. The number of Topliss-reactive ketones (excluding diaryl/α,β-unsaturated/α-hetero) is 2. The molecule has 0 bridgehead atoms. The van der Waals surface area contributed by atoms with Crippen molar-refractivity contribution in [3.05, 3.63) is 76.9 Å². The molecule has 0 aliphatic heterocycles. The molecule has 296 valence electrons. The second-order valence-corrected chi connectivity index (χ2v) is 18.8. The highest BCUT2D eigenvalue weighted by Gasteiger charge is 2.80. The molecule has 1 aromatic rings. The summed E-state index contributed by atoms with van der Waals surface area (Å²) in [6.07, 6.45) is 11.4. The summed E-state index contributed by atoms with van der Waals surface area (Å²) in [6, 6.07) is 9.84. The number of rotatable bonds is 8. The predicted octanol–water partition coefficient (Wildman–Crippen LogP) is 5.37. The zero-order chi connectivity index (χ0) is 40.1. The normalized spacial score (nSPS) is 41.5. The van der Waals surface area contributed by atoms with Gasteiger partial charge in [-0.25, -0.2) is 4.79 Å². The van der Waals surface area contributed by atoms with E-state index in [1.807, 2.05) is 63.3 Å². The van der Waals surface area contributed by atoms with E-state index >= 15 is 4.79 Å². The van der Waals surface area contributed by atoms with Crippen LogP contribution in [0.15, 0.2) is 76.3 Å². The standard InChI is InChI=1S/C45H59N3O7/c1-25(38(52)53)22-32(49)28(24-48-39(46)47)27-14-10-11-15-29-35(51)34-37-43(6)42(29,5)31(27)23-44(43,54)20-21-45(37,55)30(17-16-26-12-8-7-9-13-26)36-40(2,3)33(50)18-19-41(34,36)4/h7-9,12-13,16-17,20-22,27-32,36,49,54-55H,10-11,14-15,18-19,23-24H2,1-6H3,(H,52,53)(H4,46,47,48)/t27-,28+,29-,30-,31+,32+,36?,41+,42+,43+,44-,45+/m0/s1. The van der Waals surface area contributed by atoms with Crippen LogP contribution in [0.5, 0.6) is 0 Å². The van der Waals surface area contributed by atoms with Gasteiger partial charge in [0.15, 0.2) is 11.7 Å². The number of hydrogen-bond donors (Lipinski definition) is 6. The molecule has 10 nitrogen and oxygen atoms in total. The third-order valence-electron chi connectivity index (χ3n) is 16.1. The number of aliphatic hydroxyl groups is 3. The van der Waals surface area contributed by atoms with Gasteiger partial charge < -0.3 is 31.9 Å². The lowest BCUT2D eigenvalue weighted by atomic mass is 9.34. The SMILES string of the molecule is CC(=C[C@@H](O)[C@H](CN=C(N)N)[C@@H]1CCCC[C@H]2C(=O)C3=C4[C@]5(C)[C@@]2(C)[C@@H]1C[C@@]5(O)C=C[C@@]4(O)[C@@H](C=Cc1ccccc1)C1C(C)(C)C(=O)CC[C@]31C)C(=O)O. The van der Waals surface area contributed by atoms with E-state index in [2.05, 4.69) is 18.8 Å². The van der Waals surface area contributed by atoms with Crippen LogP contribution in [-0.4, -0.2) is 67.8 Å². The lowest BCUT2D eigenvalue weighted by Crippen LogP contribution is -2.71. The molecule has 10 heteroatoms. The number of guanidine groups is 1. The number of nitrogens with two attached hydrogens (primary N) is 2. The Morgan fingerprint density at radius 3 is 2.35 bits per heavy atom. The van der Waals surface area contributed by atoms with Crippen LogP contribution < -0.4 is 11.5 Å². The van der Waals surface area contributed by atoms with Crippen LogP contribution in [0.4, 0.5) is 0 Å². The summed E-state index contributed by atoms with van der Waals surface area (Å²) in [4.78, 5) is 45.9. The van der Waals surface area contributed by atoms with Crippen LogP contribution >= 0.6 is 0 Å². The van der Waals surface area contributed by atoms with Crippen LogP contribution in [0.2, 0.25) is 0 Å². The molecule has 0 heterocycles. The Bertz CT molecular complexity index is 1940. The zero-order valence-electron chi connectivity index (χ0n) is 33.1. The number of carbonyl (C=O) groups is 3. The van der Waals surface area contributed by atoms with Crippen molar-refractivity contribution in [2.24, 2.45) is 73.6 Å². The average Bonchev–Trinajstić information content (AvgIpc) is 3.30. The van der Waals surface area contributed by atoms with E-state index in [9.17, 15) is 30.0 Å². The molecule has 0 saturated heterocycles. The van der Waals surface area contributed by atoms with Crippen LogP contribution in [0, 0.1) is 57.2 Å². The minimum absolute atomic E-state index is 0.00746. The fraction of sp³-hybridized carbons (Fsp3) is 0.600. The Kier molecular flexibility index (Phi) is 9.38. The van der Waals surface area contributed by atoms with E-state index < -0.39 is 68.6 Å². The lowest BCUT2D eigenvalue weighted by Gasteiger charge is -2.69. The van der Waals surface area contributed by atoms with Gasteiger partial charge in [-0.1, -0.05) is 96.0 Å². The molecule has 7 rings (SSSR count). The summed E-state index contributed by atoms with van der Waals surface area (Å²) < 4.78 is 0. The average molecular weight is 754 g/mol. The molecular weight excluding hydrogens is 695 g/mol. The van der Waals surface area contributed by atoms with Gasteiger partial charge in [-0.2, -0.15) is 0 Å². The fourth-order valence-electron chi connectivity index (χ4n) is 13.4. The smallest absolute Gasteiger partial charge is 0.331 e. The zero-order valence-corrected chi connectivity index (χ0v) is 33.1. The number of aliphatic carboxylic acids is 1. The molecule has 0 amide bonds. The third-order valence-corrected chi connectivity index (χ3v) is 16.1. The number of carboxylic acid groups (broad SMARTS) is 1. The first-order valence-corrected chi connectivity index (χ1v) is 20.1. The summed E-state index contributed by atoms with van der Waals surface area (Å²) in [5.74, 6) is -4.03. The fourth-order valence-corrected chi connectivity index (χ4v) is 13.4. The maximum atomic E-state index is 15.8. The van der Waals surface area contributed by atoms with Crippen LogP contribution in [0.25, 0.3) is 6.08 Å². The Morgan fingerprint density at radius 2 is 1.69 bits per heavy atom. The summed E-state index contributed by atoms with van der Waals surface area (Å²) in [5.41, 5.74) is 6.92. The molecule has 1 aromatic carbocycles. The van der Waals surface area contributed by atoms with Gasteiger partial charge in [0, 0.05) is 58.1 Å². The molecule has 0 radical (unpaired) electrons. The largest absolute Gasteiger partial charge is 0.478 e. The first kappa shape index (κ1) is 39.4. The molecule has 8 N–H and O–H groups in total. The van der Waals surface area contributed by atoms with Crippen molar-refractivity contribution in [2.45, 2.75) is 104 Å². The van der Waals surface area contributed by atoms with Gasteiger partial charge in [-0.05, 0) is 79.1 Å². The molecule has 3 saturated carbocycles. The maximum Gasteiger partial charge on any atom is 0.331 e. The Balaban J connectivity index is 1.49. The molecule has 12 atom stereocenters. The van der Waals surface area contributed by atoms with Gasteiger partial charge in [0.2, 0.25) is 0 Å². The number of hydrogen-bond acceptors (Lipinski definition) is 7. The predicted molar refractivity (Wildman–Crippen MR) is 211 cm³/mol. The van der Waals surface area contributed by atoms with Crippen molar-refractivity contribution in [3.63, 3.8) is 0 Å². The summed E-state index contributed by atoms with van der Waals surface area (Å²) in [7, 11) is 0. The number of carbonyl (C=O) groups excluding carboxylic acids is 2. The Morgan fingerprint density at radius 1 is 1.02 bits per heavy atom. The number of allylic oxidation sites excluding steroid dienone is 1. The monoisotopic (exact) mass is 753 g/mol. The van der Waals surface area contributed by atoms with Gasteiger partial charge in [0.05, 0.1) is 11.7 Å². The minimum atomic E-state index is -1.70. The van der Waals surface area contributed by atoms with Gasteiger partial charge in [0.1, 0.15) is 11.4 Å². The Hall–Kier alpha value is -3.86. The topological polar surface area (TPSA) is 197 Å². The van der Waals surface area contributed by atoms with E-state index in [1.165, 1.54) is 13.0 Å². The van der Waals surface area contributed by atoms with E-state index in [4.69, 9.17) is 11.5 Å². The van der Waals surface area contributed by atoms with Crippen molar-refractivity contribution in [3.8, 4) is 0 Å². The van der Waals surface area contributed by atoms with E-state index in [1.54, 1.807) is 12.2 Å². The van der Waals surface area contributed by atoms with Gasteiger partial charge in [0.25, 0.3) is 0 Å². The number of aliphatic imine (C=N–C) groups is 1. The van der Waals surface area contributed by atoms with Crippen molar-refractivity contribution in [1.29, 1.82) is 0 Å². The van der Waals surface area contributed by atoms with E-state index in [0.29, 0.717) is 36.8 Å². The van der Waals surface area contributed by atoms with Crippen molar-refractivity contribution in [1.82, 2.24) is 0 Å². The van der Waals surface area contributed by atoms with E-state index in [0.717, 1.165) is 18.4 Å². The highest BCUT2D eigenvalue weighted by Crippen LogP contribution is 2.80. The van der Waals surface area contributed by atoms with Crippen LogP contribution in [0.3, 0.4) is 0 Å². The highest BCUT2D eigenvalue weighted by molar-refractivity contribution is 6.03. The molecule has 0 aromatic heterocycles. The maximum absolute atomic E-state index is 15.8. The molecule has 1 unspecified atom stereocenters. The van der Waals surface area contributed by atoms with Gasteiger partial charge in [-0.3, -0.25) is 14.6 Å². The molecule has 6 aliphatic carbocycles. The summed E-state index contributed by atoms with van der Waals surface area (Å²) in [5, 5.41) is 48.4. The molecule has 3 fully saturated rings. The number of ketones is 2. The molecule has 6 aliphatic rings. The molecular formula is C45H59N3O7. The van der Waals surface area contributed by atoms with Crippen LogP contribution in [0.1, 0.15) is 92.1 Å². The van der Waals surface area contributed by atoms with Gasteiger partial charge >= 0.3 is 5.97 Å². The molecule has 55 heavy (non-hydrogen) atoms. The summed E-state index contributed by atoms with van der Waals surface area (Å²) >= 11 is 0. The quantitative estimate of drug-likeness (QED) is 0.0875. The van der Waals surface area contributed by atoms with Crippen molar-refractivity contribution in [2.75, 3.05) is 6.54 Å². The summed E-state index contributed by atoms with van der Waals surface area (Å²) in [6.45, 7) is 11.7. The third kappa shape index (κ3) is 5.37. The van der Waals surface area contributed by atoms with Crippen LogP contribution in [-0.2, 0) is 14.4 Å². The highest BCUT2D eigenvalue weighted by atomic mass is 16.4. The number of nitrogens with zero attached hydrogens (tertiary/aromatic N) is 1. The van der Waals surface area contributed by atoms with Crippen molar-refractivity contribution >= 4 is 29.6 Å². The number of aliphatic hydroxyl groups excluding tert-OH is 1. The van der Waals surface area contributed by atoms with Gasteiger partial charge in [-0.15, -0.1) is 0 Å². The Labute approximate surface area is 324 Å². The number of carboxylic acids is 1. The lowest BCUT2D eigenvalue weighted by molar-refractivity contribution is -0.171. The van der Waals surface area contributed by atoms with E-state index in [-0.39, 0.29) is 47.9 Å². The number of fused-ring (bicyclic) bond motifs is 2. The second-order valence-electron chi connectivity index (χ2n) is 18.8. The first-order chi connectivity index (χ1) is 25.7.